The number of rotatable bonds is 4. The lowest BCUT2D eigenvalue weighted by Gasteiger charge is -2.14. The SMILES string of the molecule is CCC[C@@H](O)C(O)CC. The lowest BCUT2D eigenvalue weighted by Crippen LogP contribution is -2.24. The van der Waals surface area contributed by atoms with Crippen molar-refractivity contribution in [1.29, 1.82) is 0 Å². The van der Waals surface area contributed by atoms with Gasteiger partial charge in [-0.3, -0.25) is 0 Å². The third kappa shape index (κ3) is 3.49. The highest BCUT2D eigenvalue weighted by Gasteiger charge is 2.11. The van der Waals surface area contributed by atoms with Crippen molar-refractivity contribution < 1.29 is 10.2 Å². The normalized spacial score (nSPS) is 17.3. The Bertz CT molecular complexity index is 63.9. The largest absolute Gasteiger partial charge is 0.390 e. The molecule has 0 aromatic rings. The third-order valence-corrected chi connectivity index (χ3v) is 1.45. The molecule has 2 nitrogen and oxygen atoms in total. The quantitative estimate of drug-likeness (QED) is 0.597. The molecule has 0 amide bonds. The van der Waals surface area contributed by atoms with E-state index in [-0.39, 0.29) is 0 Å². The molecule has 0 bridgehead atoms. The van der Waals surface area contributed by atoms with Gasteiger partial charge in [-0.15, -0.1) is 0 Å². The molecule has 0 aromatic carbocycles. The maximum Gasteiger partial charge on any atom is 0.0798 e. The van der Waals surface area contributed by atoms with Crippen molar-refractivity contribution in [3.63, 3.8) is 0 Å². The first-order chi connectivity index (χ1) is 4.22. The van der Waals surface area contributed by atoms with Crippen LogP contribution in [0.2, 0.25) is 0 Å². The van der Waals surface area contributed by atoms with Crippen LogP contribution >= 0.6 is 0 Å². The number of aliphatic hydroxyl groups is 2. The Hall–Kier alpha value is -0.0800. The van der Waals surface area contributed by atoms with Crippen LogP contribution in [0, 0.1) is 0 Å². The average Bonchev–Trinajstić information content (AvgIpc) is 1.87. The fourth-order valence-corrected chi connectivity index (χ4v) is 0.760. The number of hydrogen-bond donors (Lipinski definition) is 2. The predicted molar refractivity (Wildman–Crippen MR) is 37.2 cm³/mol. The maximum absolute atomic E-state index is 9.07. The van der Waals surface area contributed by atoms with Gasteiger partial charge in [0.05, 0.1) is 12.2 Å². The molecule has 0 aliphatic carbocycles. The van der Waals surface area contributed by atoms with E-state index in [1.165, 1.54) is 0 Å². The van der Waals surface area contributed by atoms with E-state index in [1.807, 2.05) is 13.8 Å². The Morgan fingerprint density at radius 3 is 2.00 bits per heavy atom. The van der Waals surface area contributed by atoms with Gasteiger partial charge in [-0.1, -0.05) is 20.3 Å². The van der Waals surface area contributed by atoms with Crippen molar-refractivity contribution in [1.82, 2.24) is 0 Å². The lowest BCUT2D eigenvalue weighted by atomic mass is 10.1. The summed E-state index contributed by atoms with van der Waals surface area (Å²) in [5, 5.41) is 18.1. The average molecular weight is 132 g/mol. The van der Waals surface area contributed by atoms with E-state index in [9.17, 15) is 0 Å². The lowest BCUT2D eigenvalue weighted by molar-refractivity contribution is 0.0124. The minimum atomic E-state index is -0.523. The van der Waals surface area contributed by atoms with Crippen LogP contribution in [-0.4, -0.2) is 22.4 Å². The van der Waals surface area contributed by atoms with E-state index in [0.29, 0.717) is 12.8 Å². The van der Waals surface area contributed by atoms with Gasteiger partial charge in [-0.05, 0) is 12.8 Å². The summed E-state index contributed by atoms with van der Waals surface area (Å²) >= 11 is 0. The van der Waals surface area contributed by atoms with Gasteiger partial charge in [0.1, 0.15) is 0 Å². The minimum absolute atomic E-state index is 0.514. The predicted octanol–water partition coefficient (Wildman–Crippen LogP) is 0.918. The van der Waals surface area contributed by atoms with Crippen LogP contribution < -0.4 is 0 Å². The molecule has 2 heteroatoms. The topological polar surface area (TPSA) is 40.5 Å². The summed E-state index contributed by atoms with van der Waals surface area (Å²) in [4.78, 5) is 0. The molecule has 9 heavy (non-hydrogen) atoms. The Balaban J connectivity index is 3.32. The molecule has 2 atom stereocenters. The van der Waals surface area contributed by atoms with Gasteiger partial charge >= 0.3 is 0 Å². The van der Waals surface area contributed by atoms with Crippen molar-refractivity contribution in [3.05, 3.63) is 0 Å². The molecule has 0 rings (SSSR count). The summed E-state index contributed by atoms with van der Waals surface area (Å²) in [6.45, 7) is 3.86. The highest BCUT2D eigenvalue weighted by Crippen LogP contribution is 2.04. The second-order valence-corrected chi connectivity index (χ2v) is 2.33. The smallest absolute Gasteiger partial charge is 0.0798 e. The number of hydrogen-bond acceptors (Lipinski definition) is 2. The van der Waals surface area contributed by atoms with Crippen LogP contribution in [0.5, 0.6) is 0 Å². The second kappa shape index (κ2) is 4.77. The van der Waals surface area contributed by atoms with Crippen LogP contribution in [0.4, 0.5) is 0 Å². The molecule has 0 aliphatic rings. The van der Waals surface area contributed by atoms with Gasteiger partial charge in [0.25, 0.3) is 0 Å². The zero-order valence-corrected chi connectivity index (χ0v) is 6.17. The zero-order chi connectivity index (χ0) is 7.28. The van der Waals surface area contributed by atoms with Crippen LogP contribution in [0.15, 0.2) is 0 Å². The summed E-state index contributed by atoms with van der Waals surface area (Å²) in [6.07, 6.45) is 1.24. The number of aliphatic hydroxyl groups excluding tert-OH is 2. The fourth-order valence-electron chi connectivity index (χ4n) is 0.760. The molecule has 0 radical (unpaired) electrons. The van der Waals surface area contributed by atoms with E-state index in [4.69, 9.17) is 10.2 Å². The maximum atomic E-state index is 9.07. The Kier molecular flexibility index (Phi) is 4.72. The molecule has 0 aromatic heterocycles. The van der Waals surface area contributed by atoms with Gasteiger partial charge < -0.3 is 10.2 Å². The van der Waals surface area contributed by atoms with Crippen molar-refractivity contribution in [2.45, 2.75) is 45.3 Å². The molecule has 0 spiro atoms. The standard InChI is InChI=1S/C7H16O2/c1-3-5-7(9)6(8)4-2/h6-9H,3-5H2,1-2H3/t6?,7-/m1/s1. The van der Waals surface area contributed by atoms with Crippen LogP contribution in [-0.2, 0) is 0 Å². The van der Waals surface area contributed by atoms with Crippen molar-refractivity contribution >= 4 is 0 Å². The first kappa shape index (κ1) is 8.92. The van der Waals surface area contributed by atoms with Crippen molar-refractivity contribution in [2.75, 3.05) is 0 Å². The van der Waals surface area contributed by atoms with Crippen molar-refractivity contribution in [3.8, 4) is 0 Å². The molecule has 0 aliphatic heterocycles. The van der Waals surface area contributed by atoms with E-state index < -0.39 is 12.2 Å². The van der Waals surface area contributed by atoms with E-state index >= 15 is 0 Å². The van der Waals surface area contributed by atoms with Gasteiger partial charge in [-0.25, -0.2) is 0 Å². The van der Waals surface area contributed by atoms with Gasteiger partial charge in [-0.2, -0.15) is 0 Å². The first-order valence-corrected chi connectivity index (χ1v) is 3.58. The monoisotopic (exact) mass is 132 g/mol. The van der Waals surface area contributed by atoms with E-state index in [2.05, 4.69) is 0 Å². The molecule has 1 unspecified atom stereocenters. The molecule has 0 saturated heterocycles. The van der Waals surface area contributed by atoms with Crippen LogP contribution in [0.3, 0.4) is 0 Å². The Morgan fingerprint density at radius 2 is 1.67 bits per heavy atom. The van der Waals surface area contributed by atoms with Crippen molar-refractivity contribution in [2.24, 2.45) is 0 Å². The summed E-state index contributed by atoms with van der Waals surface area (Å²) in [6, 6.07) is 0. The highest BCUT2D eigenvalue weighted by atomic mass is 16.3. The molecule has 56 valence electrons. The molecular formula is C7H16O2. The first-order valence-electron chi connectivity index (χ1n) is 3.58. The minimum Gasteiger partial charge on any atom is -0.390 e. The summed E-state index contributed by atoms with van der Waals surface area (Å²) in [7, 11) is 0. The van der Waals surface area contributed by atoms with Gasteiger partial charge in [0, 0.05) is 0 Å². The van der Waals surface area contributed by atoms with Gasteiger partial charge in [0.15, 0.2) is 0 Å². The zero-order valence-electron chi connectivity index (χ0n) is 6.17. The van der Waals surface area contributed by atoms with Gasteiger partial charge in [0.2, 0.25) is 0 Å². The third-order valence-electron chi connectivity index (χ3n) is 1.45. The highest BCUT2D eigenvalue weighted by molar-refractivity contribution is 4.63. The Labute approximate surface area is 56.5 Å². The van der Waals surface area contributed by atoms with Crippen LogP contribution in [0.25, 0.3) is 0 Å². The molecular weight excluding hydrogens is 116 g/mol. The summed E-state index contributed by atoms with van der Waals surface area (Å²) in [5.41, 5.74) is 0. The molecule has 2 N–H and O–H groups in total. The van der Waals surface area contributed by atoms with E-state index in [1.54, 1.807) is 0 Å². The fraction of sp³-hybridized carbons (Fsp3) is 1.00. The molecule has 0 fully saturated rings. The summed E-state index contributed by atoms with van der Waals surface area (Å²) < 4.78 is 0. The summed E-state index contributed by atoms with van der Waals surface area (Å²) in [5.74, 6) is 0. The van der Waals surface area contributed by atoms with Crippen LogP contribution in [0.1, 0.15) is 33.1 Å². The second-order valence-electron chi connectivity index (χ2n) is 2.33. The Morgan fingerprint density at radius 1 is 1.11 bits per heavy atom. The molecule has 0 heterocycles. The van der Waals surface area contributed by atoms with E-state index in [0.717, 1.165) is 6.42 Å². The molecule has 0 saturated carbocycles.